The smallest absolute Gasteiger partial charge is 0.326 e. The third-order valence-electron chi connectivity index (χ3n) is 11.7. The van der Waals surface area contributed by atoms with Crippen LogP contribution in [0, 0.1) is 17.6 Å². The minimum Gasteiger partial charge on any atom is -0.468 e. The lowest BCUT2D eigenvalue weighted by atomic mass is 9.95. The highest BCUT2D eigenvalue weighted by Gasteiger charge is 2.56. The predicted molar refractivity (Wildman–Crippen MR) is 202 cm³/mol. The minimum atomic E-state index is -4.34. The molecule has 3 aliphatic heterocycles. The second kappa shape index (κ2) is 14.9. The van der Waals surface area contributed by atoms with Crippen LogP contribution in [0.15, 0.2) is 54.9 Å². The first kappa shape index (κ1) is 37.4. The first-order chi connectivity index (χ1) is 26.5. The molecular formula is C39H44F3N7O5S. The molecule has 1 saturated carbocycles. The number of nitrogens with one attached hydrogen (secondary N) is 2. The Kier molecular flexibility index (Phi) is 10.1. The molecule has 2 aromatic carbocycles. The zero-order chi connectivity index (χ0) is 38.5. The van der Waals surface area contributed by atoms with Gasteiger partial charge >= 0.3 is 16.2 Å². The molecule has 12 nitrogen and oxygen atoms in total. The van der Waals surface area contributed by atoms with Crippen molar-refractivity contribution >= 4 is 44.4 Å². The molecule has 4 fully saturated rings. The van der Waals surface area contributed by atoms with Gasteiger partial charge in [-0.05, 0) is 73.9 Å². The van der Waals surface area contributed by atoms with Crippen LogP contribution in [0.3, 0.4) is 0 Å². The van der Waals surface area contributed by atoms with E-state index in [0.29, 0.717) is 22.5 Å². The number of H-pyrrole nitrogens is 1. The van der Waals surface area contributed by atoms with E-state index in [1.165, 1.54) is 13.3 Å². The molecule has 1 atom stereocenters. The highest BCUT2D eigenvalue weighted by molar-refractivity contribution is 7.90. The van der Waals surface area contributed by atoms with Gasteiger partial charge in [0.05, 0.1) is 18.4 Å². The fourth-order valence-corrected chi connectivity index (χ4v) is 9.62. The van der Waals surface area contributed by atoms with Crippen LogP contribution in [0.25, 0.3) is 22.2 Å². The molecule has 0 unspecified atom stereocenters. The number of fused-ring (bicyclic) bond motifs is 1. The number of anilines is 2. The van der Waals surface area contributed by atoms with Crippen molar-refractivity contribution in [1.29, 1.82) is 0 Å². The summed E-state index contributed by atoms with van der Waals surface area (Å²) in [7, 11) is -2.86. The maximum Gasteiger partial charge on any atom is 0.326 e. The van der Waals surface area contributed by atoms with Crippen molar-refractivity contribution in [3.05, 3.63) is 77.6 Å². The van der Waals surface area contributed by atoms with Crippen LogP contribution in [0.1, 0.15) is 48.0 Å². The molecule has 1 aliphatic carbocycles. The Balaban J connectivity index is 0.904. The molecule has 4 aromatic rings. The van der Waals surface area contributed by atoms with Gasteiger partial charge in [0.1, 0.15) is 23.2 Å². The Morgan fingerprint density at radius 3 is 2.35 bits per heavy atom. The largest absolute Gasteiger partial charge is 0.468 e. The van der Waals surface area contributed by atoms with Crippen LogP contribution in [0.5, 0.6) is 0 Å². The molecule has 0 radical (unpaired) electrons. The molecule has 292 valence electrons. The summed E-state index contributed by atoms with van der Waals surface area (Å²) in [6.45, 7) is 6.22. The van der Waals surface area contributed by atoms with Crippen molar-refractivity contribution in [3.63, 3.8) is 0 Å². The first-order valence-electron chi connectivity index (χ1n) is 18.8. The number of methoxy groups -OCH3 is 1. The van der Waals surface area contributed by atoms with Crippen LogP contribution in [-0.2, 0) is 19.7 Å². The lowest BCUT2D eigenvalue weighted by Crippen LogP contribution is -2.55. The number of nitrogens with zero attached hydrogens (tertiary/aromatic N) is 5. The number of pyridine rings is 1. The van der Waals surface area contributed by atoms with E-state index in [9.17, 15) is 22.4 Å². The average molecular weight is 780 g/mol. The lowest BCUT2D eigenvalue weighted by Gasteiger charge is -2.41. The number of piperazine rings is 1. The number of carbonyl (C=O) groups excluding carboxylic acids is 2. The Bertz CT molecular complexity index is 2200. The van der Waals surface area contributed by atoms with Gasteiger partial charge in [0, 0.05) is 93.5 Å². The van der Waals surface area contributed by atoms with E-state index in [2.05, 4.69) is 36.8 Å². The highest BCUT2D eigenvalue weighted by Crippen LogP contribution is 2.43. The third-order valence-corrected chi connectivity index (χ3v) is 13.2. The van der Waals surface area contributed by atoms with Gasteiger partial charge in [-0.1, -0.05) is 12.1 Å². The summed E-state index contributed by atoms with van der Waals surface area (Å²) in [6, 6.07) is 11.5. The zero-order valence-corrected chi connectivity index (χ0v) is 31.4. The van der Waals surface area contributed by atoms with Crippen LogP contribution in [-0.4, -0.2) is 122 Å². The number of hydrogen-bond acceptors (Lipinski definition) is 9. The number of ketones is 1. The molecule has 3 saturated heterocycles. The second-order valence-electron chi connectivity index (χ2n) is 15.1. The molecular weight excluding hydrogens is 736 g/mol. The number of piperidine rings is 1. The summed E-state index contributed by atoms with van der Waals surface area (Å²) in [5.74, 6) is -3.00. The number of carbonyl (C=O) groups is 2. The Hall–Kier alpha value is -4.51. The molecule has 0 spiro atoms. The maximum atomic E-state index is 15.7. The Morgan fingerprint density at radius 1 is 0.964 bits per heavy atom. The summed E-state index contributed by atoms with van der Waals surface area (Å²) in [4.78, 5) is 40.5. The lowest BCUT2D eigenvalue weighted by molar-refractivity contribution is -0.149. The summed E-state index contributed by atoms with van der Waals surface area (Å²) in [5.41, 5.74) is 1.04. The quantitative estimate of drug-likeness (QED) is 0.160. The van der Waals surface area contributed by atoms with E-state index >= 15 is 8.78 Å². The monoisotopic (exact) mass is 779 g/mol. The van der Waals surface area contributed by atoms with E-state index in [1.807, 2.05) is 16.9 Å². The highest BCUT2D eigenvalue weighted by atomic mass is 32.2. The van der Waals surface area contributed by atoms with E-state index < -0.39 is 45.0 Å². The second-order valence-corrected chi connectivity index (χ2v) is 16.7. The Morgan fingerprint density at radius 2 is 1.69 bits per heavy atom. The standard InChI is InChI=1S/C39H44F3N7O5S/c1-54-38(51)39(11-12-39)48-18-16-46(17-19-48)23-25-8-13-47(14-9-25)29-4-2-26(3-5-29)27-20-30-31(22-44-37(30)43-21-27)36(50)34-32(41)6-7-33(35(34)42)45-55(52,53)49-15-10-28(40)24-49/h2-7,20-22,25,28,45H,8-19,23-24H2,1H3,(H,43,44)/t28-/m1/s1. The summed E-state index contributed by atoms with van der Waals surface area (Å²) >= 11 is 0. The van der Waals surface area contributed by atoms with Crippen molar-refractivity contribution < 1.29 is 35.9 Å². The Labute approximate surface area is 317 Å². The van der Waals surface area contributed by atoms with Gasteiger partial charge in [-0.15, -0.1) is 0 Å². The van der Waals surface area contributed by atoms with Crippen molar-refractivity contribution in [2.45, 2.75) is 43.8 Å². The number of ether oxygens (including phenoxy) is 1. The van der Waals surface area contributed by atoms with E-state index in [0.717, 1.165) is 99.2 Å². The van der Waals surface area contributed by atoms with Crippen LogP contribution < -0.4 is 9.62 Å². The van der Waals surface area contributed by atoms with Gasteiger partial charge in [-0.2, -0.15) is 12.7 Å². The number of esters is 1. The molecule has 16 heteroatoms. The normalized spacial score (nSPS) is 21.2. The molecule has 0 bridgehead atoms. The van der Waals surface area contributed by atoms with Crippen molar-refractivity contribution in [1.82, 2.24) is 24.1 Å². The van der Waals surface area contributed by atoms with Crippen LogP contribution >= 0.6 is 0 Å². The first-order valence-corrected chi connectivity index (χ1v) is 20.2. The van der Waals surface area contributed by atoms with Crippen molar-refractivity contribution in [3.8, 4) is 11.1 Å². The number of hydrogen-bond donors (Lipinski definition) is 2. The molecule has 2 N–H and O–H groups in total. The van der Waals surface area contributed by atoms with Gasteiger partial charge in [-0.3, -0.25) is 19.2 Å². The molecule has 0 amide bonds. The van der Waals surface area contributed by atoms with Gasteiger partial charge in [0.25, 0.3) is 0 Å². The van der Waals surface area contributed by atoms with Gasteiger partial charge in [-0.25, -0.2) is 18.2 Å². The van der Waals surface area contributed by atoms with Gasteiger partial charge in [0.15, 0.2) is 5.82 Å². The third kappa shape index (κ3) is 7.32. The minimum absolute atomic E-state index is 0.0129. The molecule has 8 rings (SSSR count). The number of rotatable bonds is 11. The van der Waals surface area contributed by atoms with Crippen LogP contribution in [0.4, 0.5) is 24.5 Å². The number of aromatic amines is 1. The molecule has 2 aromatic heterocycles. The fraction of sp³-hybridized carbons (Fsp3) is 0.462. The summed E-state index contributed by atoms with van der Waals surface area (Å²) in [6.07, 6.45) is 5.62. The van der Waals surface area contributed by atoms with E-state index in [1.54, 1.807) is 12.3 Å². The number of benzene rings is 2. The van der Waals surface area contributed by atoms with Crippen molar-refractivity contribution in [2.75, 3.05) is 75.6 Å². The SMILES string of the molecule is COC(=O)C1(N2CCN(CC3CCN(c4ccc(-c5cnc6[nH]cc(C(=O)c7c(F)ccc(NS(=O)(=O)N8CC[C@@H](F)C8)c7F)c6c5)cc4)CC3)CC2)CC1. The molecule has 55 heavy (non-hydrogen) atoms. The zero-order valence-electron chi connectivity index (χ0n) is 30.6. The van der Waals surface area contributed by atoms with E-state index in [4.69, 9.17) is 4.74 Å². The average Bonchev–Trinajstić information content (AvgIpc) is 3.70. The number of aromatic nitrogens is 2. The van der Waals surface area contributed by atoms with E-state index in [-0.39, 0.29) is 36.6 Å². The van der Waals surface area contributed by atoms with Crippen LogP contribution in [0.2, 0.25) is 0 Å². The van der Waals surface area contributed by atoms with Crippen molar-refractivity contribution in [2.24, 2.45) is 5.92 Å². The predicted octanol–water partition coefficient (Wildman–Crippen LogP) is 4.98. The topological polar surface area (TPSA) is 131 Å². The number of alkyl halides is 1. The summed E-state index contributed by atoms with van der Waals surface area (Å²) < 4.78 is 77.9. The fourth-order valence-electron chi connectivity index (χ4n) is 8.35. The van der Waals surface area contributed by atoms with Gasteiger partial charge in [0.2, 0.25) is 5.78 Å². The molecule has 5 heterocycles. The summed E-state index contributed by atoms with van der Waals surface area (Å²) in [5, 5.41) is 0.349. The molecule has 4 aliphatic rings. The number of halogens is 3. The maximum absolute atomic E-state index is 15.7. The van der Waals surface area contributed by atoms with Gasteiger partial charge < -0.3 is 19.5 Å².